The first-order chi connectivity index (χ1) is 11.7. The monoisotopic (exact) mass is 316 g/mol. The summed E-state index contributed by atoms with van der Waals surface area (Å²) in [5.41, 5.74) is 6.34. The molecule has 0 aliphatic heterocycles. The average Bonchev–Trinajstić information content (AvgIpc) is 2.60. The van der Waals surface area contributed by atoms with Gasteiger partial charge in [-0.15, -0.1) is 0 Å². The Hall–Kier alpha value is -2.87. The van der Waals surface area contributed by atoms with E-state index >= 15 is 0 Å². The molecule has 0 radical (unpaired) electrons. The van der Waals surface area contributed by atoms with Gasteiger partial charge in [0.25, 0.3) is 0 Å². The fourth-order valence-corrected chi connectivity index (χ4v) is 2.97. The number of benzene rings is 3. The van der Waals surface area contributed by atoms with E-state index in [2.05, 4.69) is 38.1 Å². The van der Waals surface area contributed by atoms with Crippen molar-refractivity contribution in [3.8, 4) is 16.9 Å². The molecule has 0 unspecified atom stereocenters. The fraction of sp³-hybridized carbons (Fsp3) is 0.136. The van der Waals surface area contributed by atoms with Crippen molar-refractivity contribution in [2.45, 2.75) is 20.5 Å². The molecule has 0 saturated carbocycles. The van der Waals surface area contributed by atoms with Gasteiger partial charge in [0.2, 0.25) is 0 Å². The molecule has 24 heavy (non-hydrogen) atoms. The summed E-state index contributed by atoms with van der Waals surface area (Å²) >= 11 is 0. The highest BCUT2D eigenvalue weighted by Crippen LogP contribution is 2.31. The van der Waals surface area contributed by atoms with Crippen LogP contribution < -0.4 is 4.74 Å². The van der Waals surface area contributed by atoms with E-state index in [-0.39, 0.29) is 0 Å². The number of aryl methyl sites for hydroxylation is 2. The van der Waals surface area contributed by atoms with Crippen molar-refractivity contribution >= 4 is 6.29 Å². The molecule has 0 atom stereocenters. The molecule has 3 aromatic rings. The molecule has 0 amide bonds. The van der Waals surface area contributed by atoms with Crippen LogP contribution in [0.5, 0.6) is 5.75 Å². The summed E-state index contributed by atoms with van der Waals surface area (Å²) in [5.74, 6) is 0.865. The van der Waals surface area contributed by atoms with E-state index in [0.717, 1.165) is 39.9 Å². The highest BCUT2D eigenvalue weighted by Gasteiger charge is 2.09. The summed E-state index contributed by atoms with van der Waals surface area (Å²) in [6.45, 7) is 4.70. The van der Waals surface area contributed by atoms with Gasteiger partial charge in [-0.3, -0.25) is 4.79 Å². The third-order valence-corrected chi connectivity index (χ3v) is 4.07. The third kappa shape index (κ3) is 3.54. The first-order valence-electron chi connectivity index (χ1n) is 8.01. The maximum absolute atomic E-state index is 11.0. The van der Waals surface area contributed by atoms with Crippen molar-refractivity contribution in [2.75, 3.05) is 0 Å². The van der Waals surface area contributed by atoms with Crippen LogP contribution in [-0.4, -0.2) is 6.29 Å². The zero-order chi connectivity index (χ0) is 16.9. The molecule has 0 aliphatic carbocycles. The number of hydrogen-bond acceptors (Lipinski definition) is 2. The Morgan fingerprint density at radius 2 is 1.58 bits per heavy atom. The molecule has 2 nitrogen and oxygen atoms in total. The highest BCUT2D eigenvalue weighted by molar-refractivity contribution is 5.80. The topological polar surface area (TPSA) is 26.3 Å². The van der Waals surface area contributed by atoms with Crippen molar-refractivity contribution < 1.29 is 9.53 Å². The number of hydrogen-bond donors (Lipinski definition) is 0. The molecule has 0 bridgehead atoms. The molecule has 2 heteroatoms. The van der Waals surface area contributed by atoms with Gasteiger partial charge in [-0.05, 0) is 59.9 Å². The first kappa shape index (κ1) is 16.0. The van der Waals surface area contributed by atoms with E-state index in [0.29, 0.717) is 12.2 Å². The summed E-state index contributed by atoms with van der Waals surface area (Å²) in [6, 6.07) is 21.9. The number of carbonyl (C=O) groups is 1. The molecule has 0 heterocycles. The Morgan fingerprint density at radius 3 is 2.25 bits per heavy atom. The lowest BCUT2D eigenvalue weighted by molar-refractivity contribution is 0.112. The molecule has 0 aliphatic rings. The summed E-state index contributed by atoms with van der Waals surface area (Å²) < 4.78 is 5.93. The van der Waals surface area contributed by atoms with Gasteiger partial charge in [-0.2, -0.15) is 0 Å². The van der Waals surface area contributed by atoms with E-state index in [1.165, 1.54) is 0 Å². The lowest BCUT2D eigenvalue weighted by Gasteiger charge is -2.14. The van der Waals surface area contributed by atoms with Crippen LogP contribution >= 0.6 is 0 Å². The lowest BCUT2D eigenvalue weighted by atomic mass is 9.94. The fourth-order valence-electron chi connectivity index (χ4n) is 2.97. The maximum atomic E-state index is 11.0. The van der Waals surface area contributed by atoms with Gasteiger partial charge in [0.1, 0.15) is 18.6 Å². The third-order valence-electron chi connectivity index (χ3n) is 4.07. The quantitative estimate of drug-likeness (QED) is 0.592. The number of rotatable bonds is 5. The van der Waals surface area contributed by atoms with Gasteiger partial charge in [0.15, 0.2) is 0 Å². The Labute approximate surface area is 142 Å². The SMILES string of the molecule is Cc1cc(OCc2ccccc2)cc(C)c1-c1cccc(C=O)c1. The van der Waals surface area contributed by atoms with Crippen LogP contribution in [0.15, 0.2) is 66.7 Å². The van der Waals surface area contributed by atoms with Crippen molar-refractivity contribution in [1.29, 1.82) is 0 Å². The van der Waals surface area contributed by atoms with Crippen LogP contribution in [0, 0.1) is 13.8 Å². The van der Waals surface area contributed by atoms with Crippen molar-refractivity contribution in [1.82, 2.24) is 0 Å². The molecular formula is C22H20O2. The van der Waals surface area contributed by atoms with Gasteiger partial charge >= 0.3 is 0 Å². The minimum absolute atomic E-state index is 0.555. The standard InChI is InChI=1S/C22H20O2/c1-16-11-21(24-15-18-7-4-3-5-8-18)12-17(2)22(16)20-10-6-9-19(13-20)14-23/h3-14H,15H2,1-2H3. The maximum Gasteiger partial charge on any atom is 0.150 e. The summed E-state index contributed by atoms with van der Waals surface area (Å²) in [5, 5.41) is 0. The van der Waals surface area contributed by atoms with Crippen LogP contribution in [-0.2, 0) is 6.61 Å². The summed E-state index contributed by atoms with van der Waals surface area (Å²) in [7, 11) is 0. The molecule has 0 N–H and O–H groups in total. The van der Waals surface area contributed by atoms with Gasteiger partial charge in [0.05, 0.1) is 0 Å². The van der Waals surface area contributed by atoms with E-state index in [4.69, 9.17) is 4.74 Å². The number of carbonyl (C=O) groups excluding carboxylic acids is 1. The van der Waals surface area contributed by atoms with Gasteiger partial charge < -0.3 is 4.74 Å². The van der Waals surface area contributed by atoms with Crippen LogP contribution in [0.25, 0.3) is 11.1 Å². The van der Waals surface area contributed by atoms with Crippen molar-refractivity contribution in [3.63, 3.8) is 0 Å². The van der Waals surface area contributed by atoms with Gasteiger partial charge in [-0.25, -0.2) is 0 Å². The molecule has 120 valence electrons. The van der Waals surface area contributed by atoms with Crippen molar-refractivity contribution in [3.05, 3.63) is 89.0 Å². The Balaban J connectivity index is 1.87. The smallest absolute Gasteiger partial charge is 0.150 e. The van der Waals surface area contributed by atoms with Crippen LogP contribution in [0.4, 0.5) is 0 Å². The minimum atomic E-state index is 0.555. The highest BCUT2D eigenvalue weighted by atomic mass is 16.5. The Kier molecular flexibility index (Phi) is 4.76. The summed E-state index contributed by atoms with van der Waals surface area (Å²) in [4.78, 5) is 11.0. The normalized spacial score (nSPS) is 10.4. The van der Waals surface area contributed by atoms with E-state index in [1.54, 1.807) is 0 Å². The second-order valence-electron chi connectivity index (χ2n) is 5.95. The molecule has 0 fully saturated rings. The molecular weight excluding hydrogens is 296 g/mol. The predicted octanol–water partition coefficient (Wildman–Crippen LogP) is 5.36. The molecule has 0 saturated heterocycles. The van der Waals surface area contributed by atoms with E-state index < -0.39 is 0 Å². The van der Waals surface area contributed by atoms with Crippen LogP contribution in [0.2, 0.25) is 0 Å². The largest absolute Gasteiger partial charge is 0.489 e. The molecule has 0 aromatic heterocycles. The predicted molar refractivity (Wildman–Crippen MR) is 97.5 cm³/mol. The second kappa shape index (κ2) is 7.14. The van der Waals surface area contributed by atoms with Gasteiger partial charge in [-0.1, -0.05) is 48.5 Å². The lowest BCUT2D eigenvalue weighted by Crippen LogP contribution is -1.97. The molecule has 0 spiro atoms. The first-order valence-corrected chi connectivity index (χ1v) is 8.01. The van der Waals surface area contributed by atoms with Gasteiger partial charge in [0, 0.05) is 5.56 Å². The summed E-state index contributed by atoms with van der Waals surface area (Å²) in [6.07, 6.45) is 0.880. The minimum Gasteiger partial charge on any atom is -0.489 e. The Bertz CT molecular complexity index is 828. The van der Waals surface area contributed by atoms with Crippen LogP contribution in [0.1, 0.15) is 27.0 Å². The average molecular weight is 316 g/mol. The molecule has 3 aromatic carbocycles. The van der Waals surface area contributed by atoms with E-state index in [1.807, 2.05) is 42.5 Å². The number of ether oxygens (including phenoxy) is 1. The zero-order valence-corrected chi connectivity index (χ0v) is 14.0. The van der Waals surface area contributed by atoms with Crippen LogP contribution in [0.3, 0.4) is 0 Å². The molecule has 3 rings (SSSR count). The number of aldehydes is 1. The Morgan fingerprint density at radius 1 is 0.875 bits per heavy atom. The zero-order valence-electron chi connectivity index (χ0n) is 14.0. The van der Waals surface area contributed by atoms with Crippen molar-refractivity contribution in [2.24, 2.45) is 0 Å². The second-order valence-corrected chi connectivity index (χ2v) is 5.95. The van der Waals surface area contributed by atoms with E-state index in [9.17, 15) is 4.79 Å².